The lowest BCUT2D eigenvalue weighted by Gasteiger charge is -2.20. The van der Waals surface area contributed by atoms with Gasteiger partial charge in [-0.1, -0.05) is 6.92 Å². The van der Waals surface area contributed by atoms with Crippen molar-refractivity contribution in [3.63, 3.8) is 0 Å². The van der Waals surface area contributed by atoms with Gasteiger partial charge in [0.1, 0.15) is 0 Å². The first-order chi connectivity index (χ1) is 8.96. The molecule has 1 aliphatic rings. The molecule has 0 saturated carbocycles. The van der Waals surface area contributed by atoms with Crippen LogP contribution in [0.5, 0.6) is 0 Å². The number of nitrogens with zero attached hydrogens (tertiary/aromatic N) is 1. The zero-order valence-electron chi connectivity index (χ0n) is 11.8. The van der Waals surface area contributed by atoms with E-state index in [4.69, 9.17) is 0 Å². The lowest BCUT2D eigenvalue weighted by Crippen LogP contribution is -2.33. The van der Waals surface area contributed by atoms with Crippen LogP contribution in [0.2, 0.25) is 0 Å². The van der Waals surface area contributed by atoms with Gasteiger partial charge in [-0.2, -0.15) is 4.31 Å². The highest BCUT2D eigenvalue weighted by Gasteiger charge is 2.34. The Balaban J connectivity index is 2.27. The van der Waals surface area contributed by atoms with Crippen LogP contribution in [0.15, 0.2) is 11.0 Å². The van der Waals surface area contributed by atoms with Gasteiger partial charge in [0.2, 0.25) is 10.0 Å². The molecule has 2 heterocycles. The molecule has 1 aromatic heterocycles. The Bertz CT molecular complexity index is 537. The van der Waals surface area contributed by atoms with Crippen LogP contribution in [-0.2, 0) is 16.6 Å². The molecule has 0 spiro atoms. The van der Waals surface area contributed by atoms with Crippen molar-refractivity contribution >= 4 is 21.4 Å². The molecular formula is C13H22N2O2S2. The lowest BCUT2D eigenvalue weighted by atomic mass is 10.3. The monoisotopic (exact) mass is 302 g/mol. The maximum absolute atomic E-state index is 12.7. The molecule has 1 saturated heterocycles. The third kappa shape index (κ3) is 3.02. The summed E-state index contributed by atoms with van der Waals surface area (Å²) in [6, 6.07) is 1.96. The summed E-state index contributed by atoms with van der Waals surface area (Å²) in [5, 5.41) is 3.24. The summed E-state index contributed by atoms with van der Waals surface area (Å²) in [7, 11) is -3.31. The zero-order valence-corrected chi connectivity index (χ0v) is 13.4. The molecule has 0 aliphatic carbocycles. The van der Waals surface area contributed by atoms with Crippen LogP contribution in [0.3, 0.4) is 0 Å². The number of nitrogens with one attached hydrogen (secondary N) is 1. The van der Waals surface area contributed by atoms with Crippen molar-refractivity contribution < 1.29 is 8.42 Å². The summed E-state index contributed by atoms with van der Waals surface area (Å²) < 4.78 is 27.0. The molecule has 6 heteroatoms. The predicted molar refractivity (Wildman–Crippen MR) is 79.0 cm³/mol. The fraction of sp³-hybridized carbons (Fsp3) is 0.692. The second-order valence-corrected chi connectivity index (χ2v) is 8.22. The quantitative estimate of drug-likeness (QED) is 0.908. The van der Waals surface area contributed by atoms with E-state index < -0.39 is 10.0 Å². The summed E-state index contributed by atoms with van der Waals surface area (Å²) in [6.07, 6.45) is 1.93. The van der Waals surface area contributed by atoms with Crippen LogP contribution < -0.4 is 5.32 Å². The maximum Gasteiger partial charge on any atom is 0.244 e. The minimum atomic E-state index is -3.31. The molecule has 2 rings (SSSR count). The number of hydrogen-bond acceptors (Lipinski definition) is 4. The lowest BCUT2D eigenvalue weighted by molar-refractivity contribution is 0.408. The average Bonchev–Trinajstić information content (AvgIpc) is 2.93. The van der Waals surface area contributed by atoms with Gasteiger partial charge in [0.15, 0.2) is 0 Å². The van der Waals surface area contributed by atoms with Crippen molar-refractivity contribution in [3.05, 3.63) is 15.8 Å². The molecule has 1 N–H and O–H groups in total. The highest BCUT2D eigenvalue weighted by Crippen LogP contribution is 2.31. The topological polar surface area (TPSA) is 49.4 Å². The normalized spacial score (nSPS) is 21.1. The summed E-state index contributed by atoms with van der Waals surface area (Å²) in [4.78, 5) is 2.48. The van der Waals surface area contributed by atoms with Crippen LogP contribution in [0.25, 0.3) is 0 Å². The minimum Gasteiger partial charge on any atom is -0.312 e. The van der Waals surface area contributed by atoms with Crippen molar-refractivity contribution in [2.75, 3.05) is 13.1 Å². The Morgan fingerprint density at radius 2 is 2.26 bits per heavy atom. The molecule has 108 valence electrons. The number of sulfonamides is 1. The van der Waals surface area contributed by atoms with Crippen LogP contribution in [0.4, 0.5) is 0 Å². The zero-order chi connectivity index (χ0) is 14.0. The Morgan fingerprint density at radius 3 is 2.84 bits per heavy atom. The van der Waals surface area contributed by atoms with E-state index in [0.717, 1.165) is 35.7 Å². The van der Waals surface area contributed by atoms with Crippen molar-refractivity contribution in [1.82, 2.24) is 9.62 Å². The fourth-order valence-corrected chi connectivity index (χ4v) is 5.78. The summed E-state index contributed by atoms with van der Waals surface area (Å²) >= 11 is 1.57. The van der Waals surface area contributed by atoms with Crippen LogP contribution in [-0.4, -0.2) is 31.9 Å². The molecule has 1 atom stereocenters. The van der Waals surface area contributed by atoms with Gasteiger partial charge in [-0.25, -0.2) is 8.42 Å². The van der Waals surface area contributed by atoms with Crippen molar-refractivity contribution in [1.29, 1.82) is 0 Å². The van der Waals surface area contributed by atoms with Crippen LogP contribution in [0.1, 0.15) is 36.4 Å². The smallest absolute Gasteiger partial charge is 0.244 e. The van der Waals surface area contributed by atoms with E-state index in [1.165, 1.54) is 0 Å². The van der Waals surface area contributed by atoms with Gasteiger partial charge in [0.25, 0.3) is 0 Å². The number of hydrogen-bond donors (Lipinski definition) is 1. The molecule has 0 radical (unpaired) electrons. The van der Waals surface area contributed by atoms with Gasteiger partial charge in [0, 0.05) is 28.9 Å². The second kappa shape index (κ2) is 5.91. The SMILES string of the molecule is CCNCc1cc(S(=O)(=O)N2CCCC2C)c(C)s1. The van der Waals surface area contributed by atoms with Crippen LogP contribution >= 0.6 is 11.3 Å². The molecule has 1 fully saturated rings. The number of aryl methyl sites for hydroxylation is 1. The van der Waals surface area contributed by atoms with Gasteiger partial charge in [-0.05, 0) is 39.3 Å². The molecule has 1 aromatic rings. The van der Waals surface area contributed by atoms with E-state index >= 15 is 0 Å². The third-order valence-corrected chi connectivity index (χ3v) is 6.87. The van der Waals surface area contributed by atoms with Gasteiger partial charge in [-0.15, -0.1) is 11.3 Å². The Labute approximate surface area is 119 Å². The Hall–Kier alpha value is -0.430. The Morgan fingerprint density at radius 1 is 1.53 bits per heavy atom. The number of thiophene rings is 1. The minimum absolute atomic E-state index is 0.126. The second-order valence-electron chi connectivity index (χ2n) is 5.02. The van der Waals surface area contributed by atoms with Crippen molar-refractivity contribution in [2.24, 2.45) is 0 Å². The Kier molecular flexibility index (Phi) is 4.66. The number of rotatable bonds is 5. The first kappa shape index (κ1) is 15.0. The maximum atomic E-state index is 12.7. The molecular weight excluding hydrogens is 280 g/mol. The largest absolute Gasteiger partial charge is 0.312 e. The van der Waals surface area contributed by atoms with E-state index in [1.807, 2.05) is 26.8 Å². The van der Waals surface area contributed by atoms with Crippen LogP contribution in [0, 0.1) is 6.92 Å². The molecule has 1 unspecified atom stereocenters. The highest BCUT2D eigenvalue weighted by atomic mass is 32.2. The summed E-state index contributed by atoms with van der Waals surface area (Å²) in [6.45, 7) is 8.22. The van der Waals surface area contributed by atoms with Gasteiger partial charge >= 0.3 is 0 Å². The van der Waals surface area contributed by atoms with Crippen molar-refractivity contribution in [3.8, 4) is 0 Å². The average molecular weight is 302 g/mol. The molecule has 0 amide bonds. The first-order valence-corrected chi connectivity index (χ1v) is 9.04. The molecule has 19 heavy (non-hydrogen) atoms. The van der Waals surface area contributed by atoms with Gasteiger partial charge in [-0.3, -0.25) is 0 Å². The summed E-state index contributed by atoms with van der Waals surface area (Å²) in [5.41, 5.74) is 0. The van der Waals surface area contributed by atoms with E-state index in [-0.39, 0.29) is 6.04 Å². The predicted octanol–water partition coefficient (Wildman–Crippen LogP) is 2.34. The van der Waals surface area contributed by atoms with E-state index in [2.05, 4.69) is 5.32 Å². The van der Waals surface area contributed by atoms with Gasteiger partial charge < -0.3 is 5.32 Å². The fourth-order valence-electron chi connectivity index (χ4n) is 2.51. The van der Waals surface area contributed by atoms with Crippen molar-refractivity contribution in [2.45, 2.75) is 51.1 Å². The molecule has 1 aliphatic heterocycles. The van der Waals surface area contributed by atoms with E-state index in [9.17, 15) is 8.42 Å². The standard InChI is InChI=1S/C13H22N2O2S2/c1-4-14-9-12-8-13(11(3)18-12)19(16,17)15-7-5-6-10(15)2/h8,10,14H,4-7,9H2,1-3H3. The molecule has 0 aromatic carbocycles. The molecule has 4 nitrogen and oxygen atoms in total. The molecule has 0 bridgehead atoms. The summed E-state index contributed by atoms with van der Waals surface area (Å²) in [5.74, 6) is 0. The highest BCUT2D eigenvalue weighted by molar-refractivity contribution is 7.89. The van der Waals surface area contributed by atoms with Gasteiger partial charge in [0.05, 0.1) is 4.90 Å². The van der Waals surface area contributed by atoms with E-state index in [1.54, 1.807) is 15.6 Å². The first-order valence-electron chi connectivity index (χ1n) is 6.78. The third-order valence-electron chi connectivity index (χ3n) is 3.55. The van der Waals surface area contributed by atoms with E-state index in [0.29, 0.717) is 11.4 Å².